The normalized spacial score (nSPS) is 15.4. The van der Waals surface area contributed by atoms with Crippen LogP contribution in [0.5, 0.6) is 5.75 Å². The van der Waals surface area contributed by atoms with E-state index in [1.165, 1.54) is 39.3 Å². The van der Waals surface area contributed by atoms with Gasteiger partial charge in [-0.2, -0.15) is 0 Å². The third-order valence-electron chi connectivity index (χ3n) is 8.23. The number of aryl methyl sites for hydroxylation is 1. The number of nitrogen functional groups attached to an aromatic ring is 1. The molecule has 0 bridgehead atoms. The van der Waals surface area contributed by atoms with Crippen molar-refractivity contribution in [3.8, 4) is 5.75 Å². The molecular weight excluding hydrogens is 613 g/mol. The van der Waals surface area contributed by atoms with Crippen LogP contribution < -0.4 is 21.1 Å². The second-order valence-corrected chi connectivity index (χ2v) is 13.2. The number of benzene rings is 3. The van der Waals surface area contributed by atoms with Gasteiger partial charge < -0.3 is 25.4 Å². The van der Waals surface area contributed by atoms with E-state index in [2.05, 4.69) is 15.6 Å². The number of carbonyl (C=O) groups excluding carboxylic acids is 2. The van der Waals surface area contributed by atoms with Crippen LogP contribution in [-0.4, -0.2) is 56.8 Å². The van der Waals surface area contributed by atoms with Crippen LogP contribution in [0.25, 0.3) is 10.8 Å². The van der Waals surface area contributed by atoms with Crippen LogP contribution in [0.2, 0.25) is 0 Å². The molecule has 0 radical (unpaired) electrons. The predicted molar refractivity (Wildman–Crippen MR) is 174 cm³/mol. The summed E-state index contributed by atoms with van der Waals surface area (Å²) in [4.78, 5) is 32.3. The van der Waals surface area contributed by atoms with Crippen molar-refractivity contribution < 1.29 is 31.9 Å². The zero-order valence-corrected chi connectivity index (χ0v) is 26.8. The summed E-state index contributed by atoms with van der Waals surface area (Å²) < 4.78 is 52.8. The zero-order valence-electron chi connectivity index (χ0n) is 26.0. The number of likely N-dealkylation sites (tertiary alicyclic amines) is 1. The average molecular weight is 650 g/mol. The molecule has 2 heterocycles. The number of halogens is 1. The number of hydrogen-bond acceptors (Lipinski definition) is 9. The molecule has 46 heavy (non-hydrogen) atoms. The topological polar surface area (TPSA) is 153 Å². The molecule has 13 heteroatoms. The van der Waals surface area contributed by atoms with Gasteiger partial charge in [-0.15, -0.1) is 0 Å². The molecule has 1 aromatic heterocycles. The molecule has 3 aromatic carbocycles. The minimum absolute atomic E-state index is 0.0550. The zero-order chi connectivity index (χ0) is 33.2. The fraction of sp³-hybridized carbons (Fsp3) is 0.303. The first-order valence-electron chi connectivity index (χ1n) is 14.7. The van der Waals surface area contributed by atoms with Gasteiger partial charge in [0.05, 0.1) is 36.6 Å². The first kappa shape index (κ1) is 32.5. The quantitative estimate of drug-likeness (QED) is 0.205. The Morgan fingerprint density at radius 2 is 1.93 bits per heavy atom. The lowest BCUT2D eigenvalue weighted by Gasteiger charge is -2.32. The average Bonchev–Trinajstić information content (AvgIpc) is 3.53. The number of fused-ring (bicyclic) bond motifs is 1. The van der Waals surface area contributed by atoms with E-state index in [1.54, 1.807) is 54.4 Å². The van der Waals surface area contributed by atoms with Gasteiger partial charge in [0.15, 0.2) is 9.84 Å². The highest BCUT2D eigenvalue weighted by atomic mass is 32.2. The van der Waals surface area contributed by atoms with Crippen molar-refractivity contribution in [1.29, 1.82) is 0 Å². The number of nitrogens with zero attached hydrogens (tertiary/aromatic N) is 2. The lowest BCUT2D eigenvalue weighted by atomic mass is 9.99. The second kappa shape index (κ2) is 13.2. The maximum Gasteiger partial charge on any atom is 0.411 e. The number of anilines is 3. The van der Waals surface area contributed by atoms with Gasteiger partial charge in [-0.05, 0) is 78.7 Å². The molecule has 11 nitrogen and oxygen atoms in total. The number of rotatable bonds is 9. The van der Waals surface area contributed by atoms with Crippen molar-refractivity contribution in [2.24, 2.45) is 0 Å². The highest BCUT2D eigenvalue weighted by Crippen LogP contribution is 2.41. The van der Waals surface area contributed by atoms with Crippen LogP contribution in [0.4, 0.5) is 26.4 Å². The van der Waals surface area contributed by atoms with Crippen molar-refractivity contribution in [2.45, 2.75) is 43.7 Å². The number of carbonyl (C=O) groups is 2. The lowest BCUT2D eigenvalue weighted by molar-refractivity contribution is -0.133. The Hall–Kier alpha value is -4.91. The van der Waals surface area contributed by atoms with Gasteiger partial charge in [0, 0.05) is 29.4 Å². The summed E-state index contributed by atoms with van der Waals surface area (Å²) in [5.41, 5.74) is 7.61. The number of ether oxygens (including phenoxy) is 2. The van der Waals surface area contributed by atoms with Crippen LogP contribution >= 0.6 is 0 Å². The number of aromatic nitrogens is 1. The maximum absolute atomic E-state index is 15.7. The third-order valence-corrected chi connectivity index (χ3v) is 10.1. The van der Waals surface area contributed by atoms with Gasteiger partial charge in [-0.3, -0.25) is 10.1 Å². The first-order chi connectivity index (χ1) is 22.0. The van der Waals surface area contributed by atoms with E-state index >= 15 is 4.39 Å². The van der Waals surface area contributed by atoms with E-state index in [1.807, 2.05) is 0 Å². The van der Waals surface area contributed by atoms with Crippen LogP contribution in [-0.2, 0) is 19.4 Å². The largest absolute Gasteiger partial charge is 0.496 e. The fourth-order valence-electron chi connectivity index (χ4n) is 5.93. The van der Waals surface area contributed by atoms with Gasteiger partial charge >= 0.3 is 6.09 Å². The first-order valence-corrected chi connectivity index (χ1v) is 16.4. The number of hydrogen-bond donors (Lipinski definition) is 3. The Bertz CT molecular complexity index is 1920. The smallest absolute Gasteiger partial charge is 0.411 e. The number of nitrogens with two attached hydrogens (primary N) is 1. The van der Waals surface area contributed by atoms with Crippen molar-refractivity contribution in [1.82, 2.24) is 9.88 Å². The summed E-state index contributed by atoms with van der Waals surface area (Å²) in [5, 5.41) is 7.23. The molecule has 4 aromatic rings. The SMILES string of the molecule is CCS(=O)(=O)c1c(NC(=O)OC)cccc1C1CCCN1C(=O)C(Nc1ccc2c(N)nccc2c1)c1cc(OC)c(C)cc1F. The van der Waals surface area contributed by atoms with Gasteiger partial charge in [0.2, 0.25) is 5.91 Å². The van der Waals surface area contributed by atoms with Crippen LogP contribution in [0.15, 0.2) is 65.7 Å². The Morgan fingerprint density at radius 3 is 2.65 bits per heavy atom. The van der Waals surface area contributed by atoms with Crippen molar-refractivity contribution in [3.05, 3.63) is 83.3 Å². The summed E-state index contributed by atoms with van der Waals surface area (Å²) in [5.74, 6) is -0.543. The molecule has 1 fully saturated rings. The summed E-state index contributed by atoms with van der Waals surface area (Å²) in [7, 11) is -1.23. The molecule has 5 rings (SSSR count). The van der Waals surface area contributed by atoms with Gasteiger partial charge in [0.1, 0.15) is 23.4 Å². The van der Waals surface area contributed by atoms with E-state index in [-0.39, 0.29) is 21.9 Å². The predicted octanol–water partition coefficient (Wildman–Crippen LogP) is 5.76. The van der Waals surface area contributed by atoms with E-state index in [4.69, 9.17) is 15.2 Å². The number of sulfone groups is 1. The molecule has 242 valence electrons. The van der Waals surface area contributed by atoms with E-state index in [0.29, 0.717) is 47.8 Å². The van der Waals surface area contributed by atoms with Crippen molar-refractivity contribution in [3.63, 3.8) is 0 Å². The van der Waals surface area contributed by atoms with Gasteiger partial charge in [-0.1, -0.05) is 19.1 Å². The van der Waals surface area contributed by atoms with E-state index in [0.717, 1.165) is 10.8 Å². The monoisotopic (exact) mass is 649 g/mol. The molecule has 1 saturated heterocycles. The third kappa shape index (κ3) is 6.27. The van der Waals surface area contributed by atoms with Gasteiger partial charge in [0.25, 0.3) is 0 Å². The summed E-state index contributed by atoms with van der Waals surface area (Å²) in [6, 6.07) is 12.8. The minimum Gasteiger partial charge on any atom is -0.496 e. The number of amides is 2. The molecule has 1 aliphatic heterocycles. The van der Waals surface area contributed by atoms with Crippen LogP contribution in [0, 0.1) is 12.7 Å². The summed E-state index contributed by atoms with van der Waals surface area (Å²) in [6.45, 7) is 3.51. The molecule has 4 N–H and O–H groups in total. The van der Waals surface area contributed by atoms with Crippen molar-refractivity contribution in [2.75, 3.05) is 42.9 Å². The standard InChI is InChI=1S/C33H36FN5O6S/c1-5-46(42,43)30-23(8-6-9-26(30)38-33(41)45-4)27-10-7-15-39(27)32(40)29(24-18-28(44-3)19(2)16-25(24)34)37-21-11-12-22-20(17-21)13-14-36-31(22)35/h6,8-9,11-14,16-18,27,29,37H,5,7,10,15H2,1-4H3,(H2,35,36)(H,38,41). The minimum atomic E-state index is -3.88. The number of methoxy groups -OCH3 is 2. The maximum atomic E-state index is 15.7. The van der Waals surface area contributed by atoms with Crippen molar-refractivity contribution >= 4 is 49.8 Å². The fourth-order valence-corrected chi connectivity index (χ4v) is 7.23. The lowest BCUT2D eigenvalue weighted by Crippen LogP contribution is -2.38. The Balaban J connectivity index is 1.62. The van der Waals surface area contributed by atoms with E-state index in [9.17, 15) is 18.0 Å². The molecule has 2 atom stereocenters. The molecule has 0 aliphatic carbocycles. The molecule has 0 saturated carbocycles. The van der Waals surface area contributed by atoms with Crippen LogP contribution in [0.3, 0.4) is 0 Å². The molecule has 1 aliphatic rings. The molecule has 0 spiro atoms. The summed E-state index contributed by atoms with van der Waals surface area (Å²) >= 11 is 0. The Kier molecular flexibility index (Phi) is 9.33. The Morgan fingerprint density at radius 1 is 1.15 bits per heavy atom. The van der Waals surface area contributed by atoms with Crippen LogP contribution in [0.1, 0.15) is 48.5 Å². The molecule has 2 amide bonds. The number of nitrogens with one attached hydrogen (secondary N) is 2. The highest BCUT2D eigenvalue weighted by molar-refractivity contribution is 7.91. The van der Waals surface area contributed by atoms with Gasteiger partial charge in [-0.25, -0.2) is 22.6 Å². The second-order valence-electron chi connectivity index (χ2n) is 11.0. The highest BCUT2D eigenvalue weighted by Gasteiger charge is 2.39. The van der Waals surface area contributed by atoms with E-state index < -0.39 is 39.7 Å². The summed E-state index contributed by atoms with van der Waals surface area (Å²) in [6.07, 6.45) is 1.78. The molecular formula is C33H36FN5O6S. The molecule has 2 unspecified atom stereocenters. The number of pyridine rings is 1. The Labute approximate surface area is 266 Å².